The minimum Gasteiger partial charge on any atom is -0.497 e. The molecule has 3 aromatic rings. The van der Waals surface area contributed by atoms with E-state index in [9.17, 15) is 14.4 Å². The van der Waals surface area contributed by atoms with Gasteiger partial charge in [-0.1, -0.05) is 0 Å². The fraction of sp³-hybridized carbons (Fsp3) is 0.308. The molecule has 0 bridgehead atoms. The summed E-state index contributed by atoms with van der Waals surface area (Å²) in [6.45, 7) is 0.609. The zero-order valence-corrected chi connectivity index (χ0v) is 20.6. The number of carbonyl (C=O) groups is 3. The van der Waals surface area contributed by atoms with Crippen molar-refractivity contribution in [1.82, 2.24) is 20.5 Å². The third-order valence-corrected chi connectivity index (χ3v) is 5.75. The number of amides is 3. The number of nitrogens with one attached hydrogen (secondary N) is 2. The molecule has 1 aromatic heterocycles. The highest BCUT2D eigenvalue weighted by atomic mass is 16.5. The molecule has 2 heterocycles. The zero-order valence-electron chi connectivity index (χ0n) is 20.6. The molecule has 11 heteroatoms. The third kappa shape index (κ3) is 6.18. The Hall–Kier alpha value is -4.54. The van der Waals surface area contributed by atoms with E-state index in [1.165, 1.54) is 18.4 Å². The Morgan fingerprint density at radius 1 is 1.00 bits per heavy atom. The second kappa shape index (κ2) is 11.9. The first-order valence-corrected chi connectivity index (χ1v) is 11.7. The van der Waals surface area contributed by atoms with Crippen LogP contribution in [0.5, 0.6) is 17.2 Å². The van der Waals surface area contributed by atoms with E-state index in [0.717, 1.165) is 0 Å². The van der Waals surface area contributed by atoms with Crippen LogP contribution in [-0.4, -0.2) is 74.6 Å². The second-order valence-corrected chi connectivity index (χ2v) is 8.16. The van der Waals surface area contributed by atoms with E-state index in [0.29, 0.717) is 40.6 Å². The molecule has 1 aliphatic rings. The average Bonchev–Trinajstić information content (AvgIpc) is 3.41. The summed E-state index contributed by atoms with van der Waals surface area (Å²) in [6, 6.07) is 11.9. The molecule has 11 nitrogen and oxygen atoms in total. The first kappa shape index (κ1) is 25.5. The number of carbonyl (C=O) groups excluding carboxylic acids is 3. The van der Waals surface area contributed by atoms with Gasteiger partial charge in [-0.3, -0.25) is 14.4 Å². The highest BCUT2D eigenvalue weighted by molar-refractivity contribution is 5.99. The number of nitrogens with zero attached hydrogens (tertiary/aromatic N) is 2. The predicted molar refractivity (Wildman–Crippen MR) is 133 cm³/mol. The van der Waals surface area contributed by atoms with Crippen LogP contribution in [0.1, 0.15) is 27.3 Å². The lowest BCUT2D eigenvalue weighted by atomic mass is 10.1. The quantitative estimate of drug-likeness (QED) is 0.548. The summed E-state index contributed by atoms with van der Waals surface area (Å²) in [4.78, 5) is 44.4. The van der Waals surface area contributed by atoms with Crippen LogP contribution in [0.4, 0.5) is 0 Å². The fourth-order valence-electron chi connectivity index (χ4n) is 3.83. The smallest absolute Gasteiger partial charge is 0.276 e. The van der Waals surface area contributed by atoms with Gasteiger partial charge < -0.3 is 34.2 Å². The summed E-state index contributed by atoms with van der Waals surface area (Å²) in [5.74, 6) is 0.747. The van der Waals surface area contributed by atoms with Crippen molar-refractivity contribution in [2.24, 2.45) is 0 Å². The number of methoxy groups -OCH3 is 2. The summed E-state index contributed by atoms with van der Waals surface area (Å²) in [7, 11) is 3.09. The van der Waals surface area contributed by atoms with Crippen molar-refractivity contribution in [2.75, 3.05) is 47.0 Å². The second-order valence-electron chi connectivity index (χ2n) is 8.16. The van der Waals surface area contributed by atoms with E-state index in [4.69, 9.17) is 18.6 Å². The molecular weight excluding hydrogens is 480 g/mol. The molecule has 0 aliphatic carbocycles. The van der Waals surface area contributed by atoms with Gasteiger partial charge in [0.2, 0.25) is 5.91 Å². The Kier molecular flexibility index (Phi) is 8.24. The normalized spacial score (nSPS) is 14.9. The molecular formula is C26H28N4O7. The van der Waals surface area contributed by atoms with Gasteiger partial charge in [0.1, 0.15) is 23.9 Å². The third-order valence-electron chi connectivity index (χ3n) is 5.75. The van der Waals surface area contributed by atoms with Crippen molar-refractivity contribution in [3.63, 3.8) is 0 Å². The number of aromatic nitrogens is 1. The monoisotopic (exact) mass is 508 g/mol. The van der Waals surface area contributed by atoms with E-state index in [1.807, 2.05) is 0 Å². The number of benzene rings is 2. The van der Waals surface area contributed by atoms with E-state index >= 15 is 0 Å². The molecule has 1 aliphatic heterocycles. The number of fused-ring (bicyclic) bond motifs is 1. The SMILES string of the molecule is COc1ccc(-c2ocnc2C(=O)N2CCCNC(=O)c3ccc(OC)cc3OCCNC(=O)C2)cc1. The molecule has 0 spiro atoms. The Balaban J connectivity index is 1.50. The lowest BCUT2D eigenvalue weighted by Gasteiger charge is -2.22. The van der Waals surface area contributed by atoms with Crippen LogP contribution in [0.3, 0.4) is 0 Å². The molecule has 2 N–H and O–H groups in total. The first-order valence-electron chi connectivity index (χ1n) is 11.7. The maximum atomic E-state index is 13.4. The summed E-state index contributed by atoms with van der Waals surface area (Å²) >= 11 is 0. The first-order chi connectivity index (χ1) is 18.0. The Morgan fingerprint density at radius 2 is 1.76 bits per heavy atom. The van der Waals surface area contributed by atoms with Crippen molar-refractivity contribution >= 4 is 17.7 Å². The van der Waals surface area contributed by atoms with Crippen LogP contribution in [0.15, 0.2) is 53.3 Å². The van der Waals surface area contributed by atoms with Crippen LogP contribution in [-0.2, 0) is 4.79 Å². The number of hydrogen-bond donors (Lipinski definition) is 2. The van der Waals surface area contributed by atoms with Gasteiger partial charge in [-0.25, -0.2) is 4.98 Å². The van der Waals surface area contributed by atoms with Gasteiger partial charge in [-0.15, -0.1) is 0 Å². The van der Waals surface area contributed by atoms with Gasteiger partial charge in [0.25, 0.3) is 11.8 Å². The van der Waals surface area contributed by atoms with Crippen molar-refractivity contribution < 1.29 is 33.0 Å². The molecule has 37 heavy (non-hydrogen) atoms. The topological polar surface area (TPSA) is 132 Å². The molecule has 0 saturated carbocycles. The van der Waals surface area contributed by atoms with Crippen molar-refractivity contribution in [2.45, 2.75) is 6.42 Å². The molecule has 0 fully saturated rings. The van der Waals surface area contributed by atoms with Crippen LogP contribution in [0, 0.1) is 0 Å². The number of oxazole rings is 1. The minimum absolute atomic E-state index is 0.0920. The van der Waals surface area contributed by atoms with E-state index in [1.54, 1.807) is 49.6 Å². The Labute approximate surface area is 213 Å². The molecule has 0 saturated heterocycles. The van der Waals surface area contributed by atoms with Crippen LogP contribution in [0.2, 0.25) is 0 Å². The zero-order chi connectivity index (χ0) is 26.2. The van der Waals surface area contributed by atoms with Crippen LogP contribution in [0.25, 0.3) is 11.3 Å². The molecule has 0 radical (unpaired) electrons. The van der Waals surface area contributed by atoms with Gasteiger partial charge in [0.05, 0.1) is 32.9 Å². The van der Waals surface area contributed by atoms with E-state index in [-0.39, 0.29) is 50.3 Å². The minimum atomic E-state index is -0.457. The lowest BCUT2D eigenvalue weighted by Crippen LogP contribution is -2.43. The summed E-state index contributed by atoms with van der Waals surface area (Å²) in [5.41, 5.74) is 1.09. The van der Waals surface area contributed by atoms with Gasteiger partial charge in [0.15, 0.2) is 17.8 Å². The van der Waals surface area contributed by atoms with Gasteiger partial charge in [-0.05, 0) is 42.8 Å². The van der Waals surface area contributed by atoms with E-state index < -0.39 is 5.91 Å². The molecule has 4 rings (SSSR count). The Morgan fingerprint density at radius 3 is 2.51 bits per heavy atom. The molecule has 194 valence electrons. The molecule has 0 atom stereocenters. The molecule has 2 aromatic carbocycles. The largest absolute Gasteiger partial charge is 0.497 e. The van der Waals surface area contributed by atoms with Crippen molar-refractivity contribution in [1.29, 1.82) is 0 Å². The molecule has 0 unspecified atom stereocenters. The maximum absolute atomic E-state index is 13.4. The standard InChI is InChI=1S/C26H28N4O7/c1-34-18-6-4-17(5-7-18)24-23(29-16-37-24)26(33)30-12-3-10-28-25(32)20-9-8-19(35-2)14-21(20)36-13-11-27-22(31)15-30/h4-9,14,16H,3,10-13,15H2,1-2H3,(H,27,31)(H,28,32). The van der Waals surface area contributed by atoms with Gasteiger partial charge >= 0.3 is 0 Å². The average molecular weight is 509 g/mol. The van der Waals surface area contributed by atoms with E-state index in [2.05, 4.69) is 15.6 Å². The highest BCUT2D eigenvalue weighted by Gasteiger charge is 2.26. The van der Waals surface area contributed by atoms with Crippen LogP contribution >= 0.6 is 0 Å². The van der Waals surface area contributed by atoms with Crippen molar-refractivity contribution in [3.8, 4) is 28.6 Å². The summed E-state index contributed by atoms with van der Waals surface area (Å²) in [5, 5.41) is 5.59. The number of rotatable bonds is 4. The highest BCUT2D eigenvalue weighted by Crippen LogP contribution is 2.27. The summed E-state index contributed by atoms with van der Waals surface area (Å²) < 4.78 is 21.7. The Bertz CT molecular complexity index is 1260. The molecule has 3 amide bonds. The van der Waals surface area contributed by atoms with Gasteiger partial charge in [-0.2, -0.15) is 0 Å². The maximum Gasteiger partial charge on any atom is 0.276 e. The number of hydrogen-bond acceptors (Lipinski definition) is 8. The van der Waals surface area contributed by atoms with Gasteiger partial charge in [0, 0.05) is 24.7 Å². The fourth-order valence-corrected chi connectivity index (χ4v) is 3.83. The lowest BCUT2D eigenvalue weighted by molar-refractivity contribution is -0.121. The number of ether oxygens (including phenoxy) is 3. The van der Waals surface area contributed by atoms with Crippen LogP contribution < -0.4 is 24.8 Å². The predicted octanol–water partition coefficient (Wildman–Crippen LogP) is 2.13. The summed E-state index contributed by atoms with van der Waals surface area (Å²) in [6.07, 6.45) is 1.61. The van der Waals surface area contributed by atoms with Crippen molar-refractivity contribution in [3.05, 3.63) is 60.1 Å².